The quantitative estimate of drug-likeness (QED) is 0.110. The maximum atomic E-state index is 13.1. The second kappa shape index (κ2) is 8.93. The van der Waals surface area contributed by atoms with E-state index in [1.165, 1.54) is 23.1 Å². The number of alkyl halides is 1. The van der Waals surface area contributed by atoms with Crippen LogP contribution in [0.15, 0.2) is 84.2 Å². The van der Waals surface area contributed by atoms with Crippen LogP contribution in [0.25, 0.3) is 10.9 Å². The number of β-lactam (4-membered cyclic amide) rings is 1. The molecule has 1 amide bonds. The molecular weight excluding hydrogens is 531 g/mol. The summed E-state index contributed by atoms with van der Waals surface area (Å²) in [5.41, 5.74) is 0.744. The van der Waals surface area contributed by atoms with Crippen molar-refractivity contribution in [3.63, 3.8) is 0 Å². The summed E-state index contributed by atoms with van der Waals surface area (Å²) in [5.74, 6) is -0.159. The summed E-state index contributed by atoms with van der Waals surface area (Å²) in [5, 5.41) is 17.7. The molecule has 2 aromatic heterocycles. The van der Waals surface area contributed by atoms with Gasteiger partial charge >= 0.3 is 0 Å². The number of amides is 1. The van der Waals surface area contributed by atoms with Gasteiger partial charge in [-0.1, -0.05) is 35.9 Å². The fraction of sp³-hybridized carbons (Fsp3) is 0.154. The molecule has 0 N–H and O–H groups in total. The zero-order chi connectivity index (χ0) is 26.6. The summed E-state index contributed by atoms with van der Waals surface area (Å²) >= 11 is 13.3. The number of fused-ring (bicyclic) bond motifs is 1. The SMILES string of the molecule is CC1(N2N=C(c3ccncc3)OC2c2cc3ccccc3nc2Cl)C(Cl)C(=O)N1c1cccc([N+](=O)[O-])c1. The first kappa shape index (κ1) is 24.1. The number of nitro groups is 1. The van der Waals surface area contributed by atoms with E-state index in [4.69, 9.17) is 33.0 Å². The van der Waals surface area contributed by atoms with Crippen molar-refractivity contribution < 1.29 is 14.5 Å². The minimum atomic E-state index is -1.28. The molecule has 1 fully saturated rings. The number of rotatable bonds is 5. The molecule has 4 heterocycles. The van der Waals surface area contributed by atoms with Crippen LogP contribution >= 0.6 is 23.2 Å². The standard InChI is InChI=1S/C26H18Cl2N6O4/c1-26(21(27)24(35)32(26)17-6-4-7-18(14-17)34(36)37)33-25(38-23(31-33)15-9-11-29-12-10-15)19-13-16-5-2-3-8-20(16)30-22(19)28/h2-14,21,25H,1H3. The molecule has 10 nitrogen and oxygen atoms in total. The molecule has 0 spiro atoms. The number of nitrogens with zero attached hydrogens (tertiary/aromatic N) is 6. The molecule has 3 unspecified atom stereocenters. The van der Waals surface area contributed by atoms with Gasteiger partial charge in [0.25, 0.3) is 11.6 Å². The van der Waals surface area contributed by atoms with Gasteiger partial charge in [-0.3, -0.25) is 24.8 Å². The van der Waals surface area contributed by atoms with E-state index in [9.17, 15) is 14.9 Å². The number of carbonyl (C=O) groups is 1. The van der Waals surface area contributed by atoms with Gasteiger partial charge in [-0.2, -0.15) is 0 Å². The first-order chi connectivity index (χ1) is 18.3. The second-order valence-electron chi connectivity index (χ2n) is 8.92. The third-order valence-corrected chi connectivity index (χ3v) is 7.58. The number of aromatic nitrogens is 2. The number of nitro benzene ring substituents is 1. The Hall–Kier alpha value is -4.28. The summed E-state index contributed by atoms with van der Waals surface area (Å²) in [7, 11) is 0. The number of hydrazone groups is 1. The van der Waals surface area contributed by atoms with E-state index in [1.807, 2.05) is 30.3 Å². The predicted octanol–water partition coefficient (Wildman–Crippen LogP) is 5.25. The van der Waals surface area contributed by atoms with Crippen LogP contribution < -0.4 is 4.90 Å². The van der Waals surface area contributed by atoms with Crippen LogP contribution in [0.1, 0.15) is 24.3 Å². The van der Waals surface area contributed by atoms with Gasteiger partial charge in [-0.25, -0.2) is 9.99 Å². The topological polar surface area (TPSA) is 114 Å². The van der Waals surface area contributed by atoms with Gasteiger partial charge < -0.3 is 4.74 Å². The minimum absolute atomic E-state index is 0.160. The van der Waals surface area contributed by atoms with E-state index in [0.29, 0.717) is 22.3 Å². The molecule has 2 aromatic carbocycles. The third kappa shape index (κ3) is 3.64. The average Bonchev–Trinajstić information content (AvgIpc) is 3.38. The van der Waals surface area contributed by atoms with Crippen LogP contribution in [-0.4, -0.2) is 42.7 Å². The molecule has 1 saturated heterocycles. The highest BCUT2D eigenvalue weighted by molar-refractivity contribution is 6.38. The first-order valence-corrected chi connectivity index (χ1v) is 12.3. The normalized spacial score (nSPS) is 22.7. The fourth-order valence-corrected chi connectivity index (χ4v) is 5.27. The monoisotopic (exact) mass is 548 g/mol. The molecule has 0 bridgehead atoms. The number of non-ortho nitro benzene ring substituents is 1. The van der Waals surface area contributed by atoms with Crippen LogP contribution in [0.2, 0.25) is 5.15 Å². The van der Waals surface area contributed by atoms with E-state index < -0.39 is 28.1 Å². The molecule has 6 rings (SSSR count). The number of pyridine rings is 2. The van der Waals surface area contributed by atoms with Crippen molar-refractivity contribution in [2.45, 2.75) is 24.2 Å². The van der Waals surface area contributed by atoms with Crippen molar-refractivity contribution in [2.75, 3.05) is 4.90 Å². The number of hydrogen-bond acceptors (Lipinski definition) is 8. The van der Waals surface area contributed by atoms with Gasteiger partial charge in [0.2, 0.25) is 12.1 Å². The maximum absolute atomic E-state index is 13.1. The first-order valence-electron chi connectivity index (χ1n) is 11.5. The number of para-hydroxylation sites is 1. The minimum Gasteiger partial charge on any atom is -0.446 e. The van der Waals surface area contributed by atoms with Gasteiger partial charge in [-0.15, -0.1) is 16.7 Å². The largest absolute Gasteiger partial charge is 0.446 e. The molecular formula is C26H18Cl2N6O4. The van der Waals surface area contributed by atoms with Crippen LogP contribution in [0.5, 0.6) is 0 Å². The molecule has 190 valence electrons. The smallest absolute Gasteiger partial charge is 0.271 e. The van der Waals surface area contributed by atoms with Crippen molar-refractivity contribution >= 4 is 57.3 Å². The van der Waals surface area contributed by atoms with Gasteiger partial charge in [0.15, 0.2) is 11.0 Å². The van der Waals surface area contributed by atoms with Gasteiger partial charge in [-0.05, 0) is 37.3 Å². The van der Waals surface area contributed by atoms with Crippen molar-refractivity contribution in [3.05, 3.63) is 106 Å². The molecule has 2 aliphatic rings. The van der Waals surface area contributed by atoms with Crippen molar-refractivity contribution in [2.24, 2.45) is 5.10 Å². The highest BCUT2D eigenvalue weighted by Crippen LogP contribution is 2.49. The number of carbonyl (C=O) groups excluding carboxylic acids is 1. The van der Waals surface area contributed by atoms with E-state index in [0.717, 1.165) is 5.39 Å². The Labute approximate surface area is 226 Å². The van der Waals surface area contributed by atoms with Crippen LogP contribution in [0, 0.1) is 10.1 Å². The summed E-state index contributed by atoms with van der Waals surface area (Å²) < 4.78 is 6.35. The predicted molar refractivity (Wildman–Crippen MR) is 142 cm³/mol. The Morgan fingerprint density at radius 3 is 2.61 bits per heavy atom. The molecule has 0 radical (unpaired) electrons. The lowest BCUT2D eigenvalue weighted by Crippen LogP contribution is -2.77. The van der Waals surface area contributed by atoms with Crippen molar-refractivity contribution in [1.29, 1.82) is 0 Å². The average molecular weight is 549 g/mol. The molecule has 0 aliphatic carbocycles. The number of halogens is 2. The molecule has 4 aromatic rings. The summed E-state index contributed by atoms with van der Waals surface area (Å²) in [6.07, 6.45) is 2.30. The molecule has 0 saturated carbocycles. The third-order valence-electron chi connectivity index (χ3n) is 6.67. The van der Waals surface area contributed by atoms with Gasteiger partial charge in [0.05, 0.1) is 21.7 Å². The lowest BCUT2D eigenvalue weighted by atomic mass is 9.91. The molecule has 3 atom stereocenters. The summed E-state index contributed by atoms with van der Waals surface area (Å²) in [4.78, 5) is 34.0. The summed E-state index contributed by atoms with van der Waals surface area (Å²) in [6, 6.07) is 18.6. The maximum Gasteiger partial charge on any atom is 0.271 e. The Morgan fingerprint density at radius 2 is 1.84 bits per heavy atom. The Morgan fingerprint density at radius 1 is 1.08 bits per heavy atom. The Balaban J connectivity index is 1.50. The van der Waals surface area contributed by atoms with Crippen LogP contribution in [-0.2, 0) is 9.53 Å². The highest BCUT2D eigenvalue weighted by atomic mass is 35.5. The van der Waals surface area contributed by atoms with E-state index in [-0.39, 0.29) is 16.7 Å². The lowest BCUT2D eigenvalue weighted by molar-refractivity contribution is -0.384. The fourth-order valence-electron chi connectivity index (χ4n) is 4.74. The van der Waals surface area contributed by atoms with E-state index in [2.05, 4.69) is 9.97 Å². The number of ether oxygens (including phenoxy) is 1. The molecule has 12 heteroatoms. The lowest BCUT2D eigenvalue weighted by Gasteiger charge is -2.56. The molecule has 2 aliphatic heterocycles. The number of anilines is 1. The number of hydrogen-bond donors (Lipinski definition) is 0. The summed E-state index contributed by atoms with van der Waals surface area (Å²) in [6.45, 7) is 1.72. The van der Waals surface area contributed by atoms with Gasteiger partial charge in [0, 0.05) is 35.5 Å². The second-order valence-corrected chi connectivity index (χ2v) is 9.72. The zero-order valence-corrected chi connectivity index (χ0v) is 21.2. The Kier molecular flexibility index (Phi) is 5.66. The van der Waals surface area contributed by atoms with E-state index >= 15 is 0 Å². The highest BCUT2D eigenvalue weighted by Gasteiger charge is 2.64. The van der Waals surface area contributed by atoms with Crippen molar-refractivity contribution in [1.82, 2.24) is 15.0 Å². The van der Waals surface area contributed by atoms with Gasteiger partial charge in [0.1, 0.15) is 5.15 Å². The van der Waals surface area contributed by atoms with Crippen molar-refractivity contribution in [3.8, 4) is 0 Å². The number of benzene rings is 2. The van der Waals surface area contributed by atoms with E-state index in [1.54, 1.807) is 42.5 Å². The Bertz CT molecular complexity index is 1630. The zero-order valence-electron chi connectivity index (χ0n) is 19.7. The van der Waals surface area contributed by atoms with Crippen LogP contribution in [0.3, 0.4) is 0 Å². The molecule has 38 heavy (non-hydrogen) atoms. The van der Waals surface area contributed by atoms with Crippen LogP contribution in [0.4, 0.5) is 11.4 Å².